The minimum atomic E-state index is -0.395. The number of carbonyl (C=O) groups is 2. The van der Waals surface area contributed by atoms with Gasteiger partial charge in [-0.3, -0.25) is 9.59 Å². The summed E-state index contributed by atoms with van der Waals surface area (Å²) in [4.78, 5) is 22.6. The maximum absolute atomic E-state index is 13.1. The number of halogens is 1. The molecule has 0 unspecified atom stereocenters. The molecular formula is C14H17FO3. The van der Waals surface area contributed by atoms with E-state index in [0.29, 0.717) is 31.2 Å². The highest BCUT2D eigenvalue weighted by Gasteiger charge is 2.08. The molecule has 0 atom stereocenters. The van der Waals surface area contributed by atoms with Crippen molar-refractivity contribution in [3.8, 4) is 0 Å². The first-order valence-corrected chi connectivity index (χ1v) is 5.90. The van der Waals surface area contributed by atoms with Crippen LogP contribution >= 0.6 is 0 Å². The van der Waals surface area contributed by atoms with Gasteiger partial charge in [-0.05, 0) is 43.5 Å². The average molecular weight is 252 g/mol. The molecule has 98 valence electrons. The number of Topliss-reactive ketones (excluding diaryl/α,β-unsaturated/α-hetero) is 1. The molecule has 18 heavy (non-hydrogen) atoms. The highest BCUT2D eigenvalue weighted by atomic mass is 19.1. The zero-order chi connectivity index (χ0) is 13.5. The van der Waals surface area contributed by atoms with Crippen molar-refractivity contribution in [2.24, 2.45) is 0 Å². The molecule has 0 bridgehead atoms. The Bertz CT molecular complexity index is 420. The maximum atomic E-state index is 13.1. The molecule has 0 aromatic heterocycles. The molecule has 0 fully saturated rings. The van der Waals surface area contributed by atoms with Gasteiger partial charge < -0.3 is 4.74 Å². The van der Waals surface area contributed by atoms with Crippen molar-refractivity contribution in [2.75, 3.05) is 7.11 Å². The zero-order valence-corrected chi connectivity index (χ0v) is 10.7. The first kappa shape index (κ1) is 14.4. The second kappa shape index (κ2) is 6.89. The molecule has 1 aromatic rings. The summed E-state index contributed by atoms with van der Waals surface area (Å²) >= 11 is 0. The minimum Gasteiger partial charge on any atom is -0.469 e. The van der Waals surface area contributed by atoms with Gasteiger partial charge in [-0.1, -0.05) is 0 Å². The molecule has 0 amide bonds. The maximum Gasteiger partial charge on any atom is 0.305 e. The Labute approximate surface area is 106 Å². The molecule has 0 N–H and O–H groups in total. The second-order valence-corrected chi connectivity index (χ2v) is 4.22. The van der Waals surface area contributed by atoms with Crippen molar-refractivity contribution in [3.05, 3.63) is 35.1 Å². The van der Waals surface area contributed by atoms with Crippen molar-refractivity contribution >= 4 is 11.8 Å². The van der Waals surface area contributed by atoms with Crippen LogP contribution in [0.5, 0.6) is 0 Å². The molecule has 0 aliphatic rings. The Hall–Kier alpha value is -1.71. The molecule has 3 nitrogen and oxygen atoms in total. The van der Waals surface area contributed by atoms with E-state index in [9.17, 15) is 14.0 Å². The first-order valence-electron chi connectivity index (χ1n) is 5.90. The molecule has 0 saturated heterocycles. The number of unbranched alkanes of at least 4 members (excludes halogenated alkanes) is 1. The van der Waals surface area contributed by atoms with E-state index in [4.69, 9.17) is 0 Å². The Morgan fingerprint density at radius 3 is 2.44 bits per heavy atom. The summed E-state index contributed by atoms with van der Waals surface area (Å²) in [6.07, 6.45) is 1.84. The van der Waals surface area contributed by atoms with E-state index >= 15 is 0 Å². The monoisotopic (exact) mass is 252 g/mol. The van der Waals surface area contributed by atoms with E-state index in [1.807, 2.05) is 0 Å². The van der Waals surface area contributed by atoms with Gasteiger partial charge in [0.15, 0.2) is 5.78 Å². The highest BCUT2D eigenvalue weighted by Crippen LogP contribution is 2.12. The first-order chi connectivity index (χ1) is 8.52. The Morgan fingerprint density at radius 2 is 1.83 bits per heavy atom. The van der Waals surface area contributed by atoms with Crippen molar-refractivity contribution in [1.82, 2.24) is 0 Å². The largest absolute Gasteiger partial charge is 0.469 e. The third kappa shape index (κ3) is 4.65. The van der Waals surface area contributed by atoms with Crippen LogP contribution in [0.2, 0.25) is 0 Å². The smallest absolute Gasteiger partial charge is 0.305 e. The van der Waals surface area contributed by atoms with Crippen LogP contribution in [-0.4, -0.2) is 18.9 Å². The number of hydrogen-bond acceptors (Lipinski definition) is 3. The normalized spacial score (nSPS) is 10.2. The summed E-state index contributed by atoms with van der Waals surface area (Å²) in [6.45, 7) is 1.75. The van der Waals surface area contributed by atoms with Crippen molar-refractivity contribution in [1.29, 1.82) is 0 Å². The number of carbonyl (C=O) groups excluding carboxylic acids is 2. The van der Waals surface area contributed by atoms with Gasteiger partial charge in [0, 0.05) is 18.4 Å². The Kier molecular flexibility index (Phi) is 5.49. The van der Waals surface area contributed by atoms with Gasteiger partial charge >= 0.3 is 5.97 Å². The van der Waals surface area contributed by atoms with Crippen LogP contribution in [0.3, 0.4) is 0 Å². The fraction of sp³-hybridized carbons (Fsp3) is 0.429. The van der Waals surface area contributed by atoms with Crippen LogP contribution in [0.1, 0.15) is 41.6 Å². The van der Waals surface area contributed by atoms with Gasteiger partial charge in [-0.15, -0.1) is 0 Å². The fourth-order valence-electron chi connectivity index (χ4n) is 1.70. The van der Waals surface area contributed by atoms with Crippen molar-refractivity contribution in [3.63, 3.8) is 0 Å². The minimum absolute atomic E-state index is 0.0949. The van der Waals surface area contributed by atoms with E-state index in [1.54, 1.807) is 13.0 Å². The van der Waals surface area contributed by atoms with Gasteiger partial charge in [0.25, 0.3) is 0 Å². The zero-order valence-electron chi connectivity index (χ0n) is 10.7. The van der Waals surface area contributed by atoms with Gasteiger partial charge in [-0.25, -0.2) is 4.39 Å². The van der Waals surface area contributed by atoms with E-state index in [0.717, 1.165) is 5.56 Å². The van der Waals surface area contributed by atoms with Crippen LogP contribution in [0.25, 0.3) is 0 Å². The highest BCUT2D eigenvalue weighted by molar-refractivity contribution is 5.96. The second-order valence-electron chi connectivity index (χ2n) is 4.22. The lowest BCUT2D eigenvalue weighted by Gasteiger charge is -2.03. The van der Waals surface area contributed by atoms with E-state index in [1.165, 1.54) is 19.2 Å². The summed E-state index contributed by atoms with van der Waals surface area (Å²) in [7, 11) is 1.34. The standard InChI is InChI=1S/C14H17FO3/c1-10-7-11(9-12(15)8-10)13(16)5-3-4-6-14(17)18-2/h7-9H,3-6H2,1-2H3. The lowest BCUT2D eigenvalue weighted by atomic mass is 10.0. The number of methoxy groups -OCH3 is 1. The summed E-state index contributed by atoms with van der Waals surface area (Å²) in [5, 5.41) is 0. The predicted octanol–water partition coefficient (Wildman–Crippen LogP) is 3.05. The SMILES string of the molecule is COC(=O)CCCCC(=O)c1cc(C)cc(F)c1. The topological polar surface area (TPSA) is 43.4 Å². The van der Waals surface area contributed by atoms with Crippen molar-refractivity contribution < 1.29 is 18.7 Å². The molecule has 1 rings (SSSR count). The third-order valence-electron chi connectivity index (χ3n) is 2.63. The number of hydrogen-bond donors (Lipinski definition) is 0. The number of ether oxygens (including phenoxy) is 1. The summed E-state index contributed by atoms with van der Waals surface area (Å²) in [5.74, 6) is -0.764. The molecule has 0 aliphatic carbocycles. The van der Waals surface area contributed by atoms with Crippen LogP contribution in [-0.2, 0) is 9.53 Å². The number of aryl methyl sites for hydroxylation is 1. The lowest BCUT2D eigenvalue weighted by Crippen LogP contribution is -2.03. The van der Waals surface area contributed by atoms with Crippen molar-refractivity contribution in [2.45, 2.75) is 32.6 Å². The molecule has 1 aromatic carbocycles. The van der Waals surface area contributed by atoms with Crippen LogP contribution in [0.4, 0.5) is 4.39 Å². The molecular weight excluding hydrogens is 235 g/mol. The van der Waals surface area contributed by atoms with E-state index in [2.05, 4.69) is 4.74 Å². The Balaban J connectivity index is 2.43. The molecule has 0 radical (unpaired) electrons. The number of ketones is 1. The summed E-state index contributed by atoms with van der Waals surface area (Å²) in [5.41, 5.74) is 1.12. The number of rotatable bonds is 6. The molecule has 0 aliphatic heterocycles. The number of esters is 1. The van der Waals surface area contributed by atoms with Gasteiger partial charge in [0.1, 0.15) is 5.82 Å². The quantitative estimate of drug-likeness (QED) is 0.444. The predicted molar refractivity (Wildman–Crippen MR) is 66.0 cm³/mol. The van der Waals surface area contributed by atoms with E-state index < -0.39 is 5.82 Å². The Morgan fingerprint density at radius 1 is 1.17 bits per heavy atom. The van der Waals surface area contributed by atoms with E-state index in [-0.39, 0.29) is 11.8 Å². The van der Waals surface area contributed by atoms with Crippen LogP contribution in [0.15, 0.2) is 18.2 Å². The van der Waals surface area contributed by atoms with Gasteiger partial charge in [0.2, 0.25) is 0 Å². The van der Waals surface area contributed by atoms with Crippen LogP contribution in [0, 0.1) is 12.7 Å². The molecule has 0 heterocycles. The van der Waals surface area contributed by atoms with Gasteiger partial charge in [0.05, 0.1) is 7.11 Å². The summed E-state index contributed by atoms with van der Waals surface area (Å²) in [6, 6.07) is 4.30. The van der Waals surface area contributed by atoms with Crippen LogP contribution < -0.4 is 0 Å². The van der Waals surface area contributed by atoms with Gasteiger partial charge in [-0.2, -0.15) is 0 Å². The third-order valence-corrected chi connectivity index (χ3v) is 2.63. The molecule has 0 spiro atoms. The fourth-order valence-corrected chi connectivity index (χ4v) is 1.70. The molecule has 4 heteroatoms. The lowest BCUT2D eigenvalue weighted by molar-refractivity contribution is -0.140. The number of benzene rings is 1. The molecule has 0 saturated carbocycles. The summed E-state index contributed by atoms with van der Waals surface area (Å²) < 4.78 is 17.6. The average Bonchev–Trinajstić information content (AvgIpc) is 2.32.